The van der Waals surface area contributed by atoms with E-state index in [1.165, 1.54) is 6.07 Å². The van der Waals surface area contributed by atoms with Gasteiger partial charge in [0, 0.05) is 19.1 Å². The van der Waals surface area contributed by atoms with E-state index in [4.69, 9.17) is 5.73 Å². The van der Waals surface area contributed by atoms with Crippen molar-refractivity contribution >= 4 is 5.91 Å². The van der Waals surface area contributed by atoms with E-state index in [2.05, 4.69) is 0 Å². The molecule has 0 atom stereocenters. The van der Waals surface area contributed by atoms with Gasteiger partial charge in [0.2, 0.25) is 0 Å². The molecule has 0 saturated heterocycles. The average Bonchev–Trinajstić information content (AvgIpc) is 2.25. The summed E-state index contributed by atoms with van der Waals surface area (Å²) in [7, 11) is 0. The van der Waals surface area contributed by atoms with Crippen LogP contribution in [0.5, 0.6) is 5.75 Å². The lowest BCUT2D eigenvalue weighted by Crippen LogP contribution is -2.40. The Hall–Kier alpha value is -1.55. The number of para-hydroxylation sites is 1. The van der Waals surface area contributed by atoms with Crippen molar-refractivity contribution in [2.75, 3.05) is 13.1 Å². The molecule has 0 aliphatic carbocycles. The van der Waals surface area contributed by atoms with Crippen molar-refractivity contribution in [2.24, 2.45) is 5.73 Å². The zero-order valence-electron chi connectivity index (χ0n) is 9.68. The molecular weight excluding hydrogens is 204 g/mol. The summed E-state index contributed by atoms with van der Waals surface area (Å²) in [5, 5.41) is 9.60. The quantitative estimate of drug-likeness (QED) is 0.804. The first kappa shape index (κ1) is 12.5. The predicted molar refractivity (Wildman–Crippen MR) is 63.3 cm³/mol. The molecular formula is C12H18N2O2. The van der Waals surface area contributed by atoms with Crippen LogP contribution in [0.4, 0.5) is 0 Å². The fourth-order valence-electron chi connectivity index (χ4n) is 1.54. The van der Waals surface area contributed by atoms with Crippen molar-refractivity contribution in [3.8, 4) is 5.75 Å². The Balaban J connectivity index is 2.95. The van der Waals surface area contributed by atoms with Gasteiger partial charge in [0.05, 0.1) is 5.56 Å². The van der Waals surface area contributed by atoms with E-state index >= 15 is 0 Å². The van der Waals surface area contributed by atoms with E-state index < -0.39 is 0 Å². The first-order valence-corrected chi connectivity index (χ1v) is 5.37. The highest BCUT2D eigenvalue weighted by Crippen LogP contribution is 2.18. The molecule has 88 valence electrons. The highest BCUT2D eigenvalue weighted by atomic mass is 16.3. The second-order valence-corrected chi connectivity index (χ2v) is 3.90. The summed E-state index contributed by atoms with van der Waals surface area (Å²) in [6.07, 6.45) is 0. The number of carbonyl (C=O) groups is 1. The lowest BCUT2D eigenvalue weighted by atomic mass is 10.1. The Morgan fingerprint density at radius 2 is 2.06 bits per heavy atom. The van der Waals surface area contributed by atoms with Crippen LogP contribution in [0, 0.1) is 0 Å². The molecule has 3 N–H and O–H groups in total. The Labute approximate surface area is 95.7 Å². The normalized spacial score (nSPS) is 10.5. The highest BCUT2D eigenvalue weighted by Gasteiger charge is 2.20. The number of amides is 1. The van der Waals surface area contributed by atoms with E-state index in [-0.39, 0.29) is 17.7 Å². The Kier molecular flexibility index (Phi) is 4.31. The number of nitrogens with two attached hydrogens (primary N) is 1. The Bertz CT molecular complexity index is 364. The van der Waals surface area contributed by atoms with Crippen molar-refractivity contribution in [2.45, 2.75) is 19.9 Å². The summed E-state index contributed by atoms with van der Waals surface area (Å²) in [6, 6.07) is 6.61. The lowest BCUT2D eigenvalue weighted by molar-refractivity contribution is 0.0709. The van der Waals surface area contributed by atoms with Crippen molar-refractivity contribution in [3.05, 3.63) is 29.8 Å². The predicted octanol–water partition coefficient (Wildman–Crippen LogP) is 1.20. The molecule has 0 heterocycles. The van der Waals surface area contributed by atoms with Crippen LogP contribution in [0.1, 0.15) is 24.2 Å². The van der Waals surface area contributed by atoms with Gasteiger partial charge in [0.25, 0.3) is 5.91 Å². The van der Waals surface area contributed by atoms with Crippen molar-refractivity contribution in [3.63, 3.8) is 0 Å². The number of aromatic hydroxyl groups is 1. The maximum absolute atomic E-state index is 12.1. The molecule has 1 rings (SSSR count). The number of hydrogen-bond donors (Lipinski definition) is 2. The van der Waals surface area contributed by atoms with E-state index in [9.17, 15) is 9.90 Å². The van der Waals surface area contributed by atoms with Gasteiger partial charge >= 0.3 is 0 Å². The molecule has 4 heteroatoms. The standard InChI is InChI=1S/C12H18N2O2/c1-9(2)14(8-7-13)12(16)10-5-3-4-6-11(10)15/h3-6,9,15H,7-8,13H2,1-2H3. The Morgan fingerprint density at radius 1 is 1.44 bits per heavy atom. The highest BCUT2D eigenvalue weighted by molar-refractivity contribution is 5.96. The molecule has 0 saturated carbocycles. The molecule has 1 amide bonds. The van der Waals surface area contributed by atoms with E-state index in [0.717, 1.165) is 0 Å². The van der Waals surface area contributed by atoms with Crippen LogP contribution in [0.25, 0.3) is 0 Å². The fourth-order valence-corrected chi connectivity index (χ4v) is 1.54. The van der Waals surface area contributed by atoms with E-state index in [0.29, 0.717) is 18.7 Å². The van der Waals surface area contributed by atoms with E-state index in [1.807, 2.05) is 13.8 Å². The minimum atomic E-state index is -0.182. The second kappa shape index (κ2) is 5.51. The number of phenolic OH excluding ortho intramolecular Hbond substituents is 1. The van der Waals surface area contributed by atoms with Crippen LogP contribution in [0.15, 0.2) is 24.3 Å². The molecule has 1 aromatic rings. The van der Waals surface area contributed by atoms with E-state index in [1.54, 1.807) is 23.1 Å². The third-order valence-corrected chi connectivity index (χ3v) is 2.39. The van der Waals surface area contributed by atoms with Gasteiger partial charge in [-0.2, -0.15) is 0 Å². The molecule has 16 heavy (non-hydrogen) atoms. The maximum atomic E-state index is 12.1. The van der Waals surface area contributed by atoms with Gasteiger partial charge in [0.1, 0.15) is 5.75 Å². The first-order valence-electron chi connectivity index (χ1n) is 5.37. The van der Waals surface area contributed by atoms with Gasteiger partial charge in [0.15, 0.2) is 0 Å². The summed E-state index contributed by atoms with van der Waals surface area (Å²) in [4.78, 5) is 13.8. The third-order valence-electron chi connectivity index (χ3n) is 2.39. The van der Waals surface area contributed by atoms with Gasteiger partial charge in [-0.25, -0.2) is 0 Å². The largest absolute Gasteiger partial charge is 0.507 e. The second-order valence-electron chi connectivity index (χ2n) is 3.90. The number of phenols is 1. The zero-order valence-corrected chi connectivity index (χ0v) is 9.68. The van der Waals surface area contributed by atoms with Crippen molar-refractivity contribution < 1.29 is 9.90 Å². The van der Waals surface area contributed by atoms with Gasteiger partial charge in [-0.3, -0.25) is 4.79 Å². The number of benzene rings is 1. The maximum Gasteiger partial charge on any atom is 0.257 e. The molecule has 0 unspecified atom stereocenters. The first-order chi connectivity index (χ1) is 7.57. The summed E-state index contributed by atoms with van der Waals surface area (Å²) < 4.78 is 0. The smallest absolute Gasteiger partial charge is 0.257 e. The topological polar surface area (TPSA) is 66.6 Å². The van der Waals surface area contributed by atoms with Crippen LogP contribution in [0.2, 0.25) is 0 Å². The molecule has 0 bridgehead atoms. The third kappa shape index (κ3) is 2.73. The van der Waals surface area contributed by atoms with Gasteiger partial charge < -0.3 is 15.7 Å². The van der Waals surface area contributed by atoms with Crippen LogP contribution in [-0.4, -0.2) is 35.0 Å². The van der Waals surface area contributed by atoms with Crippen molar-refractivity contribution in [1.82, 2.24) is 4.90 Å². The SMILES string of the molecule is CC(C)N(CCN)C(=O)c1ccccc1O. The van der Waals surface area contributed by atoms with Crippen LogP contribution in [0.3, 0.4) is 0 Å². The van der Waals surface area contributed by atoms with Gasteiger partial charge in [-0.05, 0) is 26.0 Å². The monoisotopic (exact) mass is 222 g/mol. The van der Waals surface area contributed by atoms with Crippen molar-refractivity contribution in [1.29, 1.82) is 0 Å². The molecule has 0 fully saturated rings. The number of nitrogens with zero attached hydrogens (tertiary/aromatic N) is 1. The number of carbonyl (C=O) groups excluding carboxylic acids is 1. The summed E-state index contributed by atoms with van der Waals surface area (Å²) in [6.45, 7) is 4.75. The molecule has 0 radical (unpaired) electrons. The number of rotatable bonds is 4. The van der Waals surface area contributed by atoms with Crippen LogP contribution < -0.4 is 5.73 Å². The summed E-state index contributed by atoms with van der Waals surface area (Å²) >= 11 is 0. The van der Waals surface area contributed by atoms with Crippen LogP contribution in [-0.2, 0) is 0 Å². The lowest BCUT2D eigenvalue weighted by Gasteiger charge is -2.26. The fraction of sp³-hybridized carbons (Fsp3) is 0.417. The van der Waals surface area contributed by atoms with Gasteiger partial charge in [-0.15, -0.1) is 0 Å². The number of hydrogen-bond acceptors (Lipinski definition) is 3. The van der Waals surface area contributed by atoms with Gasteiger partial charge in [-0.1, -0.05) is 12.1 Å². The average molecular weight is 222 g/mol. The zero-order chi connectivity index (χ0) is 12.1. The summed E-state index contributed by atoms with van der Waals surface area (Å²) in [5.41, 5.74) is 5.79. The molecule has 0 spiro atoms. The molecule has 0 aliphatic heterocycles. The minimum absolute atomic E-state index is 0.00942. The summed E-state index contributed by atoms with van der Waals surface area (Å²) in [5.74, 6) is -0.172. The van der Waals surface area contributed by atoms with Crippen LogP contribution >= 0.6 is 0 Å². The molecule has 0 aromatic heterocycles. The molecule has 1 aromatic carbocycles. The molecule has 0 aliphatic rings. The Morgan fingerprint density at radius 3 is 2.56 bits per heavy atom. The molecule has 4 nitrogen and oxygen atoms in total. The minimum Gasteiger partial charge on any atom is -0.507 e.